The summed E-state index contributed by atoms with van der Waals surface area (Å²) in [6.45, 7) is 3.84. The van der Waals surface area contributed by atoms with Crippen LogP contribution in [0.15, 0.2) is 27.8 Å². The zero-order chi connectivity index (χ0) is 15.7. The Hall–Kier alpha value is -2.31. The first kappa shape index (κ1) is 14.6. The summed E-state index contributed by atoms with van der Waals surface area (Å²) in [4.78, 5) is 26.3. The van der Waals surface area contributed by atoms with Crippen LogP contribution in [-0.2, 0) is 13.6 Å². The van der Waals surface area contributed by atoms with Gasteiger partial charge in [-0.05, 0) is 25.8 Å². The highest BCUT2D eigenvalue weighted by atomic mass is 16.3. The van der Waals surface area contributed by atoms with Crippen LogP contribution in [0.4, 0.5) is 0 Å². The highest BCUT2D eigenvalue weighted by Crippen LogP contribution is 2.26. The summed E-state index contributed by atoms with van der Waals surface area (Å²) in [6, 6.07) is 1.68. The van der Waals surface area contributed by atoms with Gasteiger partial charge in [-0.3, -0.25) is 9.36 Å². The van der Waals surface area contributed by atoms with Crippen molar-refractivity contribution >= 4 is 5.91 Å². The number of hydrogen-bond donors (Lipinski definition) is 0. The number of hydrogen-bond acceptors (Lipinski definition) is 4. The summed E-state index contributed by atoms with van der Waals surface area (Å²) < 4.78 is 8.05. The second-order valence-corrected chi connectivity index (χ2v) is 5.61. The number of rotatable bonds is 3. The smallest absolute Gasteiger partial charge is 0.345 e. The summed E-state index contributed by atoms with van der Waals surface area (Å²) in [7, 11) is 1.66. The minimum atomic E-state index is -0.101. The SMILES string of the molecule is CCn1c(C2CCCN(C(=O)c3ccoc3)C2)nn(C)c1=O. The van der Waals surface area contributed by atoms with E-state index in [4.69, 9.17) is 4.42 Å². The lowest BCUT2D eigenvalue weighted by atomic mass is 9.96. The number of likely N-dealkylation sites (tertiary alicyclic amines) is 1. The third-order valence-corrected chi connectivity index (χ3v) is 4.19. The molecule has 0 radical (unpaired) electrons. The fraction of sp³-hybridized carbons (Fsp3) is 0.533. The molecule has 2 aromatic rings. The topological polar surface area (TPSA) is 73.3 Å². The molecule has 0 aliphatic carbocycles. The molecule has 0 spiro atoms. The van der Waals surface area contributed by atoms with Gasteiger partial charge in [-0.2, -0.15) is 5.10 Å². The van der Waals surface area contributed by atoms with Gasteiger partial charge in [0.25, 0.3) is 5.91 Å². The van der Waals surface area contributed by atoms with Crippen molar-refractivity contribution in [1.82, 2.24) is 19.2 Å². The van der Waals surface area contributed by atoms with Gasteiger partial charge in [0.05, 0.1) is 11.8 Å². The average molecular weight is 304 g/mol. The third kappa shape index (κ3) is 2.47. The van der Waals surface area contributed by atoms with E-state index in [2.05, 4.69) is 5.10 Å². The second-order valence-electron chi connectivity index (χ2n) is 5.61. The van der Waals surface area contributed by atoms with Gasteiger partial charge in [0, 0.05) is 32.6 Å². The molecular weight excluding hydrogens is 284 g/mol. The molecule has 2 aromatic heterocycles. The van der Waals surface area contributed by atoms with Crippen LogP contribution in [0.2, 0.25) is 0 Å². The number of amides is 1. The zero-order valence-corrected chi connectivity index (χ0v) is 12.9. The van der Waals surface area contributed by atoms with Gasteiger partial charge in [0.1, 0.15) is 12.1 Å². The lowest BCUT2D eigenvalue weighted by Crippen LogP contribution is -2.40. The monoisotopic (exact) mass is 304 g/mol. The quantitative estimate of drug-likeness (QED) is 0.854. The minimum absolute atomic E-state index is 0.0280. The summed E-state index contributed by atoms with van der Waals surface area (Å²) in [5.41, 5.74) is 0.463. The fourth-order valence-electron chi connectivity index (χ4n) is 3.06. The van der Waals surface area contributed by atoms with Gasteiger partial charge < -0.3 is 9.32 Å². The zero-order valence-electron chi connectivity index (χ0n) is 12.9. The minimum Gasteiger partial charge on any atom is -0.472 e. The Morgan fingerprint density at radius 3 is 3.00 bits per heavy atom. The van der Waals surface area contributed by atoms with Crippen LogP contribution >= 0.6 is 0 Å². The van der Waals surface area contributed by atoms with E-state index in [1.165, 1.54) is 17.2 Å². The lowest BCUT2D eigenvalue weighted by molar-refractivity contribution is 0.0702. The molecule has 1 amide bonds. The van der Waals surface area contributed by atoms with Gasteiger partial charge in [0.15, 0.2) is 0 Å². The number of piperidine rings is 1. The molecule has 7 nitrogen and oxygen atoms in total. The van der Waals surface area contributed by atoms with Crippen LogP contribution in [-0.4, -0.2) is 38.2 Å². The molecule has 1 aliphatic rings. The highest BCUT2D eigenvalue weighted by molar-refractivity contribution is 5.93. The number of carbonyl (C=O) groups is 1. The molecule has 1 atom stereocenters. The molecule has 118 valence electrons. The number of aromatic nitrogens is 3. The molecule has 1 fully saturated rings. The molecule has 0 bridgehead atoms. The maximum absolute atomic E-state index is 12.4. The van der Waals surface area contributed by atoms with Crippen molar-refractivity contribution in [1.29, 1.82) is 0 Å². The van der Waals surface area contributed by atoms with Crippen LogP contribution in [0.1, 0.15) is 41.9 Å². The van der Waals surface area contributed by atoms with Crippen LogP contribution in [0.25, 0.3) is 0 Å². The number of carbonyl (C=O) groups excluding carboxylic acids is 1. The fourth-order valence-corrected chi connectivity index (χ4v) is 3.06. The summed E-state index contributed by atoms with van der Waals surface area (Å²) in [5, 5.41) is 4.37. The predicted molar refractivity (Wildman–Crippen MR) is 79.7 cm³/mol. The van der Waals surface area contributed by atoms with E-state index < -0.39 is 0 Å². The summed E-state index contributed by atoms with van der Waals surface area (Å²) >= 11 is 0. The van der Waals surface area contributed by atoms with E-state index >= 15 is 0 Å². The van der Waals surface area contributed by atoms with E-state index in [9.17, 15) is 9.59 Å². The van der Waals surface area contributed by atoms with Crippen LogP contribution < -0.4 is 5.69 Å². The maximum Gasteiger partial charge on any atom is 0.345 e. The van der Waals surface area contributed by atoms with Crippen LogP contribution in [0.3, 0.4) is 0 Å². The van der Waals surface area contributed by atoms with Gasteiger partial charge in [-0.15, -0.1) is 0 Å². The number of furan rings is 1. The summed E-state index contributed by atoms with van der Waals surface area (Å²) in [5.74, 6) is 0.845. The predicted octanol–water partition coefficient (Wildman–Crippen LogP) is 1.21. The first-order valence-electron chi connectivity index (χ1n) is 7.57. The van der Waals surface area contributed by atoms with Crippen LogP contribution in [0.5, 0.6) is 0 Å². The Kier molecular flexibility index (Phi) is 3.87. The first-order valence-corrected chi connectivity index (χ1v) is 7.57. The van der Waals surface area contributed by atoms with Gasteiger partial charge >= 0.3 is 5.69 Å². The van der Waals surface area contributed by atoms with Crippen molar-refractivity contribution in [3.05, 3.63) is 40.5 Å². The van der Waals surface area contributed by atoms with E-state index in [0.717, 1.165) is 25.2 Å². The van der Waals surface area contributed by atoms with Crippen molar-refractivity contribution in [3.63, 3.8) is 0 Å². The average Bonchev–Trinajstić information content (AvgIpc) is 3.16. The molecule has 0 saturated carbocycles. The first-order chi connectivity index (χ1) is 10.6. The second kappa shape index (κ2) is 5.82. The molecule has 1 saturated heterocycles. The molecule has 0 aromatic carbocycles. The summed E-state index contributed by atoms with van der Waals surface area (Å²) in [6.07, 6.45) is 4.81. The number of aryl methyl sites for hydroxylation is 1. The van der Waals surface area contributed by atoms with E-state index in [0.29, 0.717) is 18.7 Å². The lowest BCUT2D eigenvalue weighted by Gasteiger charge is -2.32. The molecule has 0 N–H and O–H groups in total. The van der Waals surface area contributed by atoms with Gasteiger partial charge in [-0.25, -0.2) is 9.48 Å². The standard InChI is InChI=1S/C15H20N4O3/c1-3-19-13(16-17(2)15(19)21)11-5-4-7-18(9-11)14(20)12-6-8-22-10-12/h6,8,10-11H,3-5,7,9H2,1-2H3. The van der Waals surface area contributed by atoms with E-state index in [-0.39, 0.29) is 17.5 Å². The van der Waals surface area contributed by atoms with E-state index in [1.54, 1.807) is 17.7 Å². The Morgan fingerprint density at radius 2 is 2.32 bits per heavy atom. The maximum atomic E-state index is 12.4. The molecule has 3 heterocycles. The normalized spacial score (nSPS) is 18.6. The Balaban J connectivity index is 1.83. The van der Waals surface area contributed by atoms with Crippen molar-refractivity contribution in [2.45, 2.75) is 32.2 Å². The third-order valence-electron chi connectivity index (χ3n) is 4.19. The molecule has 1 unspecified atom stereocenters. The molecular formula is C15H20N4O3. The molecule has 7 heteroatoms. The van der Waals surface area contributed by atoms with Crippen molar-refractivity contribution in [2.75, 3.05) is 13.1 Å². The Bertz CT molecular complexity index is 714. The van der Waals surface area contributed by atoms with Crippen molar-refractivity contribution in [2.24, 2.45) is 7.05 Å². The van der Waals surface area contributed by atoms with Crippen molar-refractivity contribution < 1.29 is 9.21 Å². The molecule has 22 heavy (non-hydrogen) atoms. The number of nitrogens with zero attached hydrogens (tertiary/aromatic N) is 4. The Labute approximate surface area is 128 Å². The molecule has 1 aliphatic heterocycles. The van der Waals surface area contributed by atoms with Gasteiger partial charge in [-0.1, -0.05) is 0 Å². The van der Waals surface area contributed by atoms with Crippen molar-refractivity contribution in [3.8, 4) is 0 Å². The molecule has 3 rings (SSSR count). The largest absolute Gasteiger partial charge is 0.472 e. The highest BCUT2D eigenvalue weighted by Gasteiger charge is 2.29. The Morgan fingerprint density at radius 1 is 1.50 bits per heavy atom. The van der Waals surface area contributed by atoms with Crippen LogP contribution in [0, 0.1) is 0 Å². The van der Waals surface area contributed by atoms with E-state index in [1.807, 2.05) is 11.8 Å². The van der Waals surface area contributed by atoms with Gasteiger partial charge in [0.2, 0.25) is 0 Å².